The standard InChI is InChI=1S/C12H21NO3/c1-12(6-3-7-16-12)11(15)13-8-9-4-2-5-10(9)14/h9-10,14H,2-8H2,1H3,(H,13,15). The molecule has 0 bridgehead atoms. The van der Waals surface area contributed by atoms with Gasteiger partial charge in [0.25, 0.3) is 5.91 Å². The summed E-state index contributed by atoms with van der Waals surface area (Å²) in [6.45, 7) is 3.11. The fourth-order valence-electron chi connectivity index (χ4n) is 2.62. The van der Waals surface area contributed by atoms with Crippen LogP contribution in [0.5, 0.6) is 0 Å². The molecule has 1 amide bonds. The monoisotopic (exact) mass is 227 g/mol. The second kappa shape index (κ2) is 4.72. The average molecular weight is 227 g/mol. The number of hydrogen-bond acceptors (Lipinski definition) is 3. The van der Waals surface area contributed by atoms with Crippen LogP contribution in [-0.4, -0.2) is 35.9 Å². The zero-order valence-electron chi connectivity index (χ0n) is 9.87. The third kappa shape index (κ3) is 2.38. The molecule has 4 heteroatoms. The van der Waals surface area contributed by atoms with Gasteiger partial charge in [0.15, 0.2) is 0 Å². The first-order valence-electron chi connectivity index (χ1n) is 6.22. The maximum absolute atomic E-state index is 11.9. The van der Waals surface area contributed by atoms with E-state index in [9.17, 15) is 9.90 Å². The van der Waals surface area contributed by atoms with E-state index >= 15 is 0 Å². The summed E-state index contributed by atoms with van der Waals surface area (Å²) < 4.78 is 5.47. The first-order chi connectivity index (χ1) is 7.62. The highest BCUT2D eigenvalue weighted by molar-refractivity contribution is 5.84. The molecule has 2 rings (SSSR count). The molecular weight excluding hydrogens is 206 g/mol. The van der Waals surface area contributed by atoms with Crippen LogP contribution >= 0.6 is 0 Å². The third-order valence-corrected chi connectivity index (χ3v) is 3.84. The van der Waals surface area contributed by atoms with Crippen LogP contribution in [0.25, 0.3) is 0 Å². The van der Waals surface area contributed by atoms with Gasteiger partial charge in [0, 0.05) is 19.1 Å². The summed E-state index contributed by atoms with van der Waals surface area (Å²) in [5, 5.41) is 12.6. The lowest BCUT2D eigenvalue weighted by Gasteiger charge is -2.23. The van der Waals surface area contributed by atoms with Gasteiger partial charge in [-0.2, -0.15) is 0 Å². The van der Waals surface area contributed by atoms with E-state index in [1.807, 2.05) is 6.92 Å². The van der Waals surface area contributed by atoms with E-state index in [2.05, 4.69) is 5.32 Å². The van der Waals surface area contributed by atoms with Crippen molar-refractivity contribution in [3.8, 4) is 0 Å². The lowest BCUT2D eigenvalue weighted by molar-refractivity contribution is -0.139. The van der Waals surface area contributed by atoms with Crippen molar-refractivity contribution in [2.45, 2.75) is 50.7 Å². The van der Waals surface area contributed by atoms with Crippen LogP contribution in [0.4, 0.5) is 0 Å². The van der Waals surface area contributed by atoms with Crippen molar-refractivity contribution in [3.05, 3.63) is 0 Å². The second-order valence-corrected chi connectivity index (χ2v) is 5.15. The van der Waals surface area contributed by atoms with Crippen molar-refractivity contribution in [2.24, 2.45) is 5.92 Å². The molecule has 2 aliphatic rings. The van der Waals surface area contributed by atoms with Crippen LogP contribution in [0.15, 0.2) is 0 Å². The summed E-state index contributed by atoms with van der Waals surface area (Å²) in [4.78, 5) is 11.9. The molecule has 1 heterocycles. The van der Waals surface area contributed by atoms with E-state index in [0.717, 1.165) is 32.1 Å². The Kier molecular flexibility index (Phi) is 3.50. The zero-order chi connectivity index (χ0) is 11.6. The highest BCUT2D eigenvalue weighted by Crippen LogP contribution is 2.27. The molecule has 1 saturated heterocycles. The van der Waals surface area contributed by atoms with Crippen LogP contribution in [0.1, 0.15) is 39.0 Å². The van der Waals surface area contributed by atoms with E-state index in [4.69, 9.17) is 4.74 Å². The molecule has 16 heavy (non-hydrogen) atoms. The maximum Gasteiger partial charge on any atom is 0.251 e. The van der Waals surface area contributed by atoms with Crippen LogP contribution < -0.4 is 5.32 Å². The van der Waals surface area contributed by atoms with Crippen molar-refractivity contribution in [1.82, 2.24) is 5.32 Å². The molecule has 0 aromatic heterocycles. The van der Waals surface area contributed by atoms with Gasteiger partial charge in [-0.3, -0.25) is 4.79 Å². The SMILES string of the molecule is CC1(C(=O)NCC2CCCC2O)CCCO1. The Balaban J connectivity index is 1.79. The minimum absolute atomic E-state index is 0.0240. The van der Waals surface area contributed by atoms with Gasteiger partial charge in [-0.05, 0) is 32.6 Å². The quantitative estimate of drug-likeness (QED) is 0.751. The van der Waals surface area contributed by atoms with Gasteiger partial charge in [0.2, 0.25) is 0 Å². The molecule has 1 aliphatic heterocycles. The third-order valence-electron chi connectivity index (χ3n) is 3.84. The molecule has 0 radical (unpaired) electrons. The summed E-state index contributed by atoms with van der Waals surface area (Å²) in [7, 11) is 0. The Morgan fingerprint density at radius 1 is 1.50 bits per heavy atom. The summed E-state index contributed by atoms with van der Waals surface area (Å²) in [6.07, 6.45) is 4.46. The maximum atomic E-state index is 11.9. The Labute approximate surface area is 96.4 Å². The molecular formula is C12H21NO3. The van der Waals surface area contributed by atoms with Gasteiger partial charge < -0.3 is 15.2 Å². The topological polar surface area (TPSA) is 58.6 Å². The van der Waals surface area contributed by atoms with Gasteiger partial charge in [-0.1, -0.05) is 6.42 Å². The Hall–Kier alpha value is -0.610. The van der Waals surface area contributed by atoms with E-state index in [1.165, 1.54) is 0 Å². The van der Waals surface area contributed by atoms with Gasteiger partial charge in [0.1, 0.15) is 5.60 Å². The molecule has 3 unspecified atom stereocenters. The minimum Gasteiger partial charge on any atom is -0.393 e. The minimum atomic E-state index is -0.635. The largest absolute Gasteiger partial charge is 0.393 e. The van der Waals surface area contributed by atoms with Crippen LogP contribution in [0, 0.1) is 5.92 Å². The van der Waals surface area contributed by atoms with Crippen LogP contribution in [-0.2, 0) is 9.53 Å². The van der Waals surface area contributed by atoms with E-state index in [0.29, 0.717) is 13.2 Å². The lowest BCUT2D eigenvalue weighted by Crippen LogP contribution is -2.46. The smallest absolute Gasteiger partial charge is 0.251 e. The number of carbonyl (C=O) groups is 1. The van der Waals surface area contributed by atoms with E-state index in [1.54, 1.807) is 0 Å². The first-order valence-corrected chi connectivity index (χ1v) is 6.22. The molecule has 2 N–H and O–H groups in total. The fourth-order valence-corrected chi connectivity index (χ4v) is 2.62. The van der Waals surface area contributed by atoms with Crippen LogP contribution in [0.3, 0.4) is 0 Å². The number of ether oxygens (including phenoxy) is 1. The van der Waals surface area contributed by atoms with Crippen molar-refractivity contribution in [2.75, 3.05) is 13.2 Å². The summed E-state index contributed by atoms with van der Waals surface area (Å²) >= 11 is 0. The number of rotatable bonds is 3. The molecule has 0 spiro atoms. The summed E-state index contributed by atoms with van der Waals surface area (Å²) in [5.74, 6) is 0.207. The van der Waals surface area contributed by atoms with Crippen molar-refractivity contribution < 1.29 is 14.6 Å². The van der Waals surface area contributed by atoms with Gasteiger partial charge >= 0.3 is 0 Å². The van der Waals surface area contributed by atoms with Gasteiger partial charge in [0.05, 0.1) is 6.10 Å². The second-order valence-electron chi connectivity index (χ2n) is 5.15. The number of amides is 1. The lowest BCUT2D eigenvalue weighted by atomic mass is 10.0. The average Bonchev–Trinajstić information content (AvgIpc) is 2.85. The molecule has 3 atom stereocenters. The number of nitrogens with one attached hydrogen (secondary N) is 1. The van der Waals surface area contributed by atoms with Crippen molar-refractivity contribution in [1.29, 1.82) is 0 Å². The van der Waals surface area contributed by atoms with Gasteiger partial charge in [-0.15, -0.1) is 0 Å². The molecule has 1 aliphatic carbocycles. The molecule has 1 saturated carbocycles. The van der Waals surface area contributed by atoms with E-state index < -0.39 is 5.60 Å². The number of aliphatic hydroxyl groups excluding tert-OH is 1. The number of carbonyl (C=O) groups excluding carboxylic acids is 1. The Morgan fingerprint density at radius 2 is 2.31 bits per heavy atom. The highest BCUT2D eigenvalue weighted by atomic mass is 16.5. The predicted molar refractivity (Wildman–Crippen MR) is 59.9 cm³/mol. The zero-order valence-corrected chi connectivity index (χ0v) is 9.87. The van der Waals surface area contributed by atoms with Gasteiger partial charge in [-0.25, -0.2) is 0 Å². The first kappa shape index (κ1) is 11.9. The predicted octanol–water partition coefficient (Wildman–Crippen LogP) is 0.833. The molecule has 0 aromatic carbocycles. The Morgan fingerprint density at radius 3 is 2.88 bits per heavy atom. The molecule has 92 valence electrons. The highest BCUT2D eigenvalue weighted by Gasteiger charge is 2.38. The van der Waals surface area contributed by atoms with Crippen molar-refractivity contribution in [3.63, 3.8) is 0 Å². The van der Waals surface area contributed by atoms with E-state index in [-0.39, 0.29) is 17.9 Å². The number of aliphatic hydroxyl groups is 1. The summed E-state index contributed by atoms with van der Waals surface area (Å²) in [6, 6.07) is 0. The summed E-state index contributed by atoms with van der Waals surface area (Å²) in [5.41, 5.74) is -0.635. The van der Waals surface area contributed by atoms with Crippen molar-refractivity contribution >= 4 is 5.91 Å². The van der Waals surface area contributed by atoms with Crippen LogP contribution in [0.2, 0.25) is 0 Å². The normalized spacial score (nSPS) is 38.9. The molecule has 0 aromatic rings. The Bertz CT molecular complexity index is 261. The molecule has 4 nitrogen and oxygen atoms in total. The number of hydrogen-bond donors (Lipinski definition) is 2. The fraction of sp³-hybridized carbons (Fsp3) is 0.917. The molecule has 2 fully saturated rings.